The second-order valence-corrected chi connectivity index (χ2v) is 8.96. The second kappa shape index (κ2) is 9.59. The van der Waals surface area contributed by atoms with Crippen LogP contribution in [0.4, 0.5) is 10.5 Å². The van der Waals surface area contributed by atoms with E-state index in [0.29, 0.717) is 40.6 Å². The first-order valence-corrected chi connectivity index (χ1v) is 11.9. The molecule has 0 saturated carbocycles. The highest BCUT2D eigenvalue weighted by Gasteiger charge is 2.17. The molecule has 5 rings (SSSR count). The molecule has 0 bridgehead atoms. The van der Waals surface area contributed by atoms with Crippen LogP contribution in [-0.4, -0.2) is 34.7 Å². The van der Waals surface area contributed by atoms with Crippen LogP contribution >= 0.6 is 11.3 Å². The molecule has 9 nitrogen and oxygen atoms in total. The van der Waals surface area contributed by atoms with Crippen LogP contribution in [0.5, 0.6) is 11.5 Å². The summed E-state index contributed by atoms with van der Waals surface area (Å²) in [4.78, 5) is 43.7. The fraction of sp³-hybridized carbons (Fsp3) is 0.200. The molecule has 178 valence electrons. The predicted molar refractivity (Wildman–Crippen MR) is 133 cm³/mol. The number of nitrogens with zero attached hydrogens (tertiary/aromatic N) is 2. The number of aryl methyl sites for hydroxylation is 2. The Morgan fingerprint density at radius 3 is 2.66 bits per heavy atom. The van der Waals surface area contributed by atoms with Crippen LogP contribution in [0.3, 0.4) is 0 Å². The molecular formula is C25H22N4O5S. The first-order chi connectivity index (χ1) is 17.0. The molecule has 0 saturated heterocycles. The van der Waals surface area contributed by atoms with Crippen LogP contribution in [0.25, 0.3) is 20.7 Å². The van der Waals surface area contributed by atoms with Crippen LogP contribution in [0.1, 0.15) is 12.0 Å². The van der Waals surface area contributed by atoms with E-state index in [0.717, 1.165) is 16.0 Å². The first-order valence-electron chi connectivity index (χ1n) is 11.0. The topological polar surface area (TPSA) is 112 Å². The summed E-state index contributed by atoms with van der Waals surface area (Å²) in [5.41, 5.74) is 2.15. The Kier molecular flexibility index (Phi) is 6.19. The summed E-state index contributed by atoms with van der Waals surface area (Å²) in [6.45, 7) is 2.91. The molecule has 0 unspecified atom stereocenters. The quantitative estimate of drug-likeness (QED) is 0.438. The summed E-state index contributed by atoms with van der Waals surface area (Å²) in [5.74, 6) is 0.617. The average molecular weight is 491 g/mol. The van der Waals surface area contributed by atoms with Crippen molar-refractivity contribution >= 4 is 39.2 Å². The van der Waals surface area contributed by atoms with Crippen molar-refractivity contribution in [3.05, 3.63) is 70.8 Å². The van der Waals surface area contributed by atoms with Gasteiger partial charge in [-0.2, -0.15) is 0 Å². The molecular weight excluding hydrogens is 468 g/mol. The number of anilines is 1. The van der Waals surface area contributed by atoms with Crippen molar-refractivity contribution in [3.8, 4) is 21.9 Å². The number of rotatable bonds is 5. The molecule has 2 N–H and O–H groups in total. The Hall–Kier alpha value is -4.18. The Morgan fingerprint density at radius 1 is 1.09 bits per heavy atom. The zero-order chi connectivity index (χ0) is 24.4. The monoisotopic (exact) mass is 490 g/mol. The third kappa shape index (κ3) is 4.73. The fourth-order valence-corrected chi connectivity index (χ4v) is 5.02. The van der Waals surface area contributed by atoms with Crippen molar-refractivity contribution in [1.29, 1.82) is 0 Å². The molecule has 35 heavy (non-hydrogen) atoms. The maximum absolute atomic E-state index is 13.1. The number of fused-ring (bicyclic) bond motifs is 2. The second-order valence-electron chi connectivity index (χ2n) is 7.96. The third-order valence-corrected chi connectivity index (χ3v) is 6.83. The molecule has 0 aliphatic carbocycles. The van der Waals surface area contributed by atoms with Gasteiger partial charge in [0.1, 0.15) is 18.0 Å². The standard InChI is InChI=1S/C25H22N4O5S/c1-15-21-23(35-22(15)16-5-3-2-4-6-16)26-14-29(24(21)31)10-9-20(30)28-25(32)27-17-7-8-18-19(13-17)34-12-11-33-18/h2-8,13-14H,9-12H2,1H3,(H2,27,28,30,32). The number of carbonyl (C=O) groups is 2. The van der Waals surface area contributed by atoms with E-state index in [9.17, 15) is 14.4 Å². The highest BCUT2D eigenvalue weighted by Crippen LogP contribution is 2.35. The molecule has 0 radical (unpaired) electrons. The van der Waals surface area contributed by atoms with Crippen LogP contribution in [0.2, 0.25) is 0 Å². The minimum Gasteiger partial charge on any atom is -0.486 e. The largest absolute Gasteiger partial charge is 0.486 e. The number of amides is 3. The predicted octanol–water partition coefficient (Wildman–Crippen LogP) is 3.94. The lowest BCUT2D eigenvalue weighted by Gasteiger charge is -2.19. The minimum absolute atomic E-state index is 0.0591. The molecule has 0 fully saturated rings. The number of hydrogen-bond donors (Lipinski definition) is 2. The molecule has 2 aromatic heterocycles. The first kappa shape index (κ1) is 22.6. The van der Waals surface area contributed by atoms with E-state index >= 15 is 0 Å². The van der Waals surface area contributed by atoms with Crippen molar-refractivity contribution in [3.63, 3.8) is 0 Å². The van der Waals surface area contributed by atoms with E-state index in [4.69, 9.17) is 9.47 Å². The van der Waals surface area contributed by atoms with Gasteiger partial charge in [0.15, 0.2) is 11.5 Å². The maximum Gasteiger partial charge on any atom is 0.325 e. The Morgan fingerprint density at radius 2 is 1.86 bits per heavy atom. The highest BCUT2D eigenvalue weighted by molar-refractivity contribution is 7.22. The molecule has 3 amide bonds. The lowest BCUT2D eigenvalue weighted by Crippen LogP contribution is -2.35. The van der Waals surface area contributed by atoms with E-state index in [1.54, 1.807) is 18.2 Å². The van der Waals surface area contributed by atoms with Gasteiger partial charge in [-0.3, -0.25) is 19.5 Å². The minimum atomic E-state index is -0.672. The van der Waals surface area contributed by atoms with Gasteiger partial charge < -0.3 is 14.8 Å². The normalized spacial score (nSPS) is 12.4. The Bertz CT molecular complexity index is 1480. The molecule has 10 heteroatoms. The lowest BCUT2D eigenvalue weighted by molar-refractivity contribution is -0.120. The van der Waals surface area contributed by atoms with Crippen LogP contribution in [0, 0.1) is 6.92 Å². The van der Waals surface area contributed by atoms with Gasteiger partial charge in [0, 0.05) is 29.6 Å². The Balaban J connectivity index is 1.23. The van der Waals surface area contributed by atoms with Gasteiger partial charge in [-0.15, -0.1) is 11.3 Å². The number of benzene rings is 2. The van der Waals surface area contributed by atoms with Gasteiger partial charge in [-0.25, -0.2) is 9.78 Å². The van der Waals surface area contributed by atoms with Gasteiger partial charge in [-0.1, -0.05) is 30.3 Å². The zero-order valence-corrected chi connectivity index (χ0v) is 19.7. The number of nitrogens with one attached hydrogen (secondary N) is 2. The van der Waals surface area contributed by atoms with Crippen LogP contribution in [0.15, 0.2) is 59.7 Å². The molecule has 2 aromatic carbocycles. The van der Waals surface area contributed by atoms with Crippen molar-refractivity contribution in [2.45, 2.75) is 19.9 Å². The number of thiophene rings is 1. The van der Waals surface area contributed by atoms with Crippen molar-refractivity contribution in [1.82, 2.24) is 14.9 Å². The van der Waals surface area contributed by atoms with Crippen LogP contribution < -0.4 is 25.7 Å². The molecule has 3 heterocycles. The SMILES string of the molecule is Cc1c(-c2ccccc2)sc2ncn(CCC(=O)NC(=O)Nc3ccc4c(c3)OCCO4)c(=O)c12. The molecule has 1 aliphatic heterocycles. The number of carbonyl (C=O) groups excluding carboxylic acids is 2. The number of urea groups is 1. The Labute approximate surface area is 204 Å². The smallest absolute Gasteiger partial charge is 0.325 e. The zero-order valence-electron chi connectivity index (χ0n) is 18.9. The average Bonchev–Trinajstić information content (AvgIpc) is 3.21. The van der Waals surface area contributed by atoms with Gasteiger partial charge in [-0.05, 0) is 30.2 Å². The summed E-state index contributed by atoms with van der Waals surface area (Å²) in [5, 5.41) is 5.42. The van der Waals surface area contributed by atoms with Gasteiger partial charge in [0.25, 0.3) is 5.56 Å². The van der Waals surface area contributed by atoms with Gasteiger partial charge in [0.2, 0.25) is 5.91 Å². The van der Waals surface area contributed by atoms with E-state index in [-0.39, 0.29) is 18.5 Å². The van der Waals surface area contributed by atoms with E-state index in [2.05, 4.69) is 15.6 Å². The molecule has 4 aromatic rings. The summed E-state index contributed by atoms with van der Waals surface area (Å²) >= 11 is 1.47. The summed E-state index contributed by atoms with van der Waals surface area (Å²) in [6.07, 6.45) is 1.38. The molecule has 0 atom stereocenters. The molecule has 0 spiro atoms. The third-order valence-electron chi connectivity index (χ3n) is 5.59. The number of aromatic nitrogens is 2. The summed E-state index contributed by atoms with van der Waals surface area (Å²) < 4.78 is 12.3. The van der Waals surface area contributed by atoms with Crippen molar-refractivity contribution < 1.29 is 19.1 Å². The lowest BCUT2D eigenvalue weighted by atomic mass is 10.1. The van der Waals surface area contributed by atoms with E-state index in [1.807, 2.05) is 37.3 Å². The summed E-state index contributed by atoms with van der Waals surface area (Å²) in [7, 11) is 0. The highest BCUT2D eigenvalue weighted by atomic mass is 32.1. The van der Waals surface area contributed by atoms with Gasteiger partial charge in [0.05, 0.1) is 11.7 Å². The van der Waals surface area contributed by atoms with E-state index in [1.165, 1.54) is 22.2 Å². The number of imide groups is 1. The fourth-order valence-electron chi connectivity index (χ4n) is 3.88. The molecule has 1 aliphatic rings. The van der Waals surface area contributed by atoms with Crippen LogP contribution in [-0.2, 0) is 11.3 Å². The van der Waals surface area contributed by atoms with Crippen molar-refractivity contribution in [2.24, 2.45) is 0 Å². The number of hydrogen-bond acceptors (Lipinski definition) is 7. The van der Waals surface area contributed by atoms with Crippen molar-refractivity contribution in [2.75, 3.05) is 18.5 Å². The number of ether oxygens (including phenoxy) is 2. The van der Waals surface area contributed by atoms with E-state index < -0.39 is 11.9 Å². The maximum atomic E-state index is 13.1. The van der Waals surface area contributed by atoms with Gasteiger partial charge >= 0.3 is 6.03 Å². The summed E-state index contributed by atoms with van der Waals surface area (Å²) in [6, 6.07) is 14.1.